The van der Waals surface area contributed by atoms with E-state index in [0.717, 1.165) is 78.3 Å². The van der Waals surface area contributed by atoms with Gasteiger partial charge in [0, 0.05) is 61.9 Å². The van der Waals surface area contributed by atoms with Crippen molar-refractivity contribution in [1.82, 2.24) is 19.8 Å². The zero-order valence-corrected chi connectivity index (χ0v) is 25.7. The predicted octanol–water partition coefficient (Wildman–Crippen LogP) is 6.78. The van der Waals surface area contributed by atoms with Crippen LogP contribution in [-0.2, 0) is 6.61 Å². The van der Waals surface area contributed by atoms with Gasteiger partial charge in [0.05, 0.1) is 12.1 Å². The number of fused-ring (bicyclic) bond motifs is 1. The van der Waals surface area contributed by atoms with Crippen molar-refractivity contribution in [2.24, 2.45) is 5.18 Å². The zero-order chi connectivity index (χ0) is 31.2. The molecule has 2 aliphatic rings. The highest BCUT2D eigenvalue weighted by Gasteiger charge is 2.20. The van der Waals surface area contributed by atoms with Crippen LogP contribution in [0.15, 0.2) is 95.7 Å². The Morgan fingerprint density at radius 2 is 1.82 bits per heavy atom. The van der Waals surface area contributed by atoms with Crippen LogP contribution < -0.4 is 15.0 Å². The summed E-state index contributed by atoms with van der Waals surface area (Å²) in [5.74, 6) is 1.15. The molecule has 1 aromatic heterocycles. The van der Waals surface area contributed by atoms with Crippen molar-refractivity contribution in [3.63, 3.8) is 0 Å². The van der Waals surface area contributed by atoms with Gasteiger partial charge in [0.2, 0.25) is 0 Å². The first kappa shape index (κ1) is 30.4. The molecule has 0 bridgehead atoms. The minimum Gasteiger partial charge on any atom is -0.489 e. The SMILES string of the molecule is Cc1cc(Nc2ncnc3ccc(N4C=C(CCN=O)CC(CN5CCN(C)CC5)=C4)cc23)ccc1OCc1cccc(F)c1. The second kappa shape index (κ2) is 14.0. The van der Waals surface area contributed by atoms with Crippen molar-refractivity contribution in [3.8, 4) is 5.75 Å². The number of likely N-dealkylation sites (N-methyl/N-ethyl adjacent to an activating group) is 1. The second-order valence-corrected chi connectivity index (χ2v) is 11.8. The monoisotopic (exact) mass is 607 g/mol. The molecule has 0 aliphatic carbocycles. The number of aryl methyl sites for hydroxylation is 1. The summed E-state index contributed by atoms with van der Waals surface area (Å²) in [6.45, 7) is 7.67. The minimum absolute atomic E-state index is 0.273. The van der Waals surface area contributed by atoms with Crippen LogP contribution in [0.25, 0.3) is 10.9 Å². The molecule has 4 aromatic rings. The molecule has 3 heterocycles. The number of anilines is 3. The highest BCUT2D eigenvalue weighted by molar-refractivity contribution is 5.93. The quantitative estimate of drug-likeness (QED) is 0.187. The average molecular weight is 608 g/mol. The number of benzene rings is 3. The van der Waals surface area contributed by atoms with Gasteiger partial charge in [-0.1, -0.05) is 17.3 Å². The van der Waals surface area contributed by atoms with Crippen LogP contribution in [-0.4, -0.2) is 66.1 Å². The summed E-state index contributed by atoms with van der Waals surface area (Å²) < 4.78 is 19.5. The molecule has 0 amide bonds. The topological polar surface area (TPSA) is 86.2 Å². The highest BCUT2D eigenvalue weighted by atomic mass is 19.1. The Balaban J connectivity index is 1.22. The average Bonchev–Trinajstić information content (AvgIpc) is 3.04. The van der Waals surface area contributed by atoms with Gasteiger partial charge in [0.1, 0.15) is 30.3 Å². The van der Waals surface area contributed by atoms with Gasteiger partial charge in [-0.05, 0) is 97.6 Å². The lowest BCUT2D eigenvalue weighted by atomic mass is 10.00. The fraction of sp³-hybridized carbons (Fsp3) is 0.314. The molecule has 2 aliphatic heterocycles. The molecule has 0 atom stereocenters. The molecule has 6 rings (SSSR count). The summed E-state index contributed by atoms with van der Waals surface area (Å²) in [6, 6.07) is 18.5. The third-order valence-corrected chi connectivity index (χ3v) is 8.28. The van der Waals surface area contributed by atoms with Crippen molar-refractivity contribution in [2.75, 3.05) is 56.5 Å². The van der Waals surface area contributed by atoms with Gasteiger partial charge in [-0.25, -0.2) is 14.4 Å². The summed E-state index contributed by atoms with van der Waals surface area (Å²) in [5, 5.41) is 7.47. The van der Waals surface area contributed by atoms with Gasteiger partial charge >= 0.3 is 0 Å². The summed E-state index contributed by atoms with van der Waals surface area (Å²) in [7, 11) is 2.17. The van der Waals surface area contributed by atoms with Crippen molar-refractivity contribution in [1.29, 1.82) is 0 Å². The zero-order valence-electron chi connectivity index (χ0n) is 25.7. The van der Waals surface area contributed by atoms with Gasteiger partial charge < -0.3 is 19.9 Å². The van der Waals surface area contributed by atoms with E-state index in [1.54, 1.807) is 12.4 Å². The van der Waals surface area contributed by atoms with E-state index >= 15 is 0 Å². The van der Waals surface area contributed by atoms with Crippen LogP contribution >= 0.6 is 0 Å². The summed E-state index contributed by atoms with van der Waals surface area (Å²) >= 11 is 0. The molecule has 0 spiro atoms. The molecule has 10 heteroatoms. The number of halogens is 1. The van der Waals surface area contributed by atoms with Crippen molar-refractivity contribution in [3.05, 3.63) is 112 Å². The maximum atomic E-state index is 13.6. The van der Waals surface area contributed by atoms with E-state index in [1.807, 2.05) is 37.3 Å². The Labute approximate surface area is 263 Å². The molecule has 0 saturated carbocycles. The molecule has 1 saturated heterocycles. The summed E-state index contributed by atoms with van der Waals surface area (Å²) in [6.07, 6.45) is 7.41. The van der Waals surface area contributed by atoms with Gasteiger partial charge in [-0.15, -0.1) is 0 Å². The summed E-state index contributed by atoms with van der Waals surface area (Å²) in [5.41, 5.74) is 6.93. The van der Waals surface area contributed by atoms with Gasteiger partial charge in [0.25, 0.3) is 0 Å². The number of piperazine rings is 1. The predicted molar refractivity (Wildman–Crippen MR) is 177 cm³/mol. The standard InChI is InChI=1S/C35H38FN7O2/c1-25-16-30(6-9-34(25)45-23-27-4-3-5-29(36)18-27)40-35-32-19-31(7-8-33(32)37-24-38-35)43-21-26(10-11-39-44)17-28(22-43)20-42-14-12-41(2)13-15-42/h3-9,16,18-19,21-22,24H,10-15,17,20,23H2,1-2H3,(H,37,38,40). The fourth-order valence-electron chi connectivity index (χ4n) is 5.81. The Kier molecular flexibility index (Phi) is 9.42. The number of ether oxygens (including phenoxy) is 1. The van der Waals surface area contributed by atoms with E-state index in [0.29, 0.717) is 12.2 Å². The van der Waals surface area contributed by atoms with Crippen LogP contribution in [0.5, 0.6) is 5.75 Å². The van der Waals surface area contributed by atoms with E-state index in [4.69, 9.17) is 4.74 Å². The smallest absolute Gasteiger partial charge is 0.141 e. The molecule has 1 fully saturated rings. The number of hydrogen-bond donors (Lipinski definition) is 1. The first-order valence-electron chi connectivity index (χ1n) is 15.3. The van der Waals surface area contributed by atoms with Crippen LogP contribution in [0.1, 0.15) is 24.0 Å². The van der Waals surface area contributed by atoms with Crippen molar-refractivity contribution < 1.29 is 9.13 Å². The number of aromatic nitrogens is 2. The van der Waals surface area contributed by atoms with Gasteiger partial charge in [-0.2, -0.15) is 4.91 Å². The number of hydrogen-bond acceptors (Lipinski definition) is 9. The maximum Gasteiger partial charge on any atom is 0.141 e. The Hall–Kier alpha value is -4.67. The van der Waals surface area contributed by atoms with E-state index in [-0.39, 0.29) is 19.0 Å². The van der Waals surface area contributed by atoms with Crippen molar-refractivity contribution in [2.45, 2.75) is 26.4 Å². The molecule has 9 nitrogen and oxygen atoms in total. The van der Waals surface area contributed by atoms with E-state index in [2.05, 4.69) is 66.7 Å². The highest BCUT2D eigenvalue weighted by Crippen LogP contribution is 2.32. The number of nitrogens with one attached hydrogen (secondary N) is 1. The summed E-state index contributed by atoms with van der Waals surface area (Å²) in [4.78, 5) is 27.1. The molecule has 45 heavy (non-hydrogen) atoms. The van der Waals surface area contributed by atoms with E-state index in [9.17, 15) is 9.30 Å². The van der Waals surface area contributed by atoms with Crippen LogP contribution in [0.3, 0.4) is 0 Å². The number of nitrogens with zero attached hydrogens (tertiary/aromatic N) is 6. The third kappa shape index (κ3) is 7.71. The Morgan fingerprint density at radius 3 is 2.62 bits per heavy atom. The van der Waals surface area contributed by atoms with Crippen LogP contribution in [0.2, 0.25) is 0 Å². The molecular weight excluding hydrogens is 569 g/mol. The first-order valence-corrected chi connectivity index (χ1v) is 15.3. The normalized spacial score (nSPS) is 15.9. The van der Waals surface area contributed by atoms with E-state index < -0.39 is 0 Å². The third-order valence-electron chi connectivity index (χ3n) is 8.28. The van der Waals surface area contributed by atoms with E-state index in [1.165, 1.54) is 23.3 Å². The first-order chi connectivity index (χ1) is 21.9. The van der Waals surface area contributed by atoms with Crippen LogP contribution in [0, 0.1) is 17.6 Å². The molecule has 0 radical (unpaired) electrons. The lowest BCUT2D eigenvalue weighted by Gasteiger charge is -2.34. The van der Waals surface area contributed by atoms with Gasteiger partial charge in [0.15, 0.2) is 0 Å². The fourth-order valence-corrected chi connectivity index (χ4v) is 5.81. The van der Waals surface area contributed by atoms with Crippen LogP contribution in [0.4, 0.5) is 21.6 Å². The van der Waals surface area contributed by atoms with Crippen molar-refractivity contribution >= 4 is 28.1 Å². The molecule has 3 aromatic carbocycles. The van der Waals surface area contributed by atoms with Gasteiger partial charge in [-0.3, -0.25) is 4.90 Å². The Bertz CT molecular complexity index is 1730. The second-order valence-electron chi connectivity index (χ2n) is 11.8. The number of rotatable bonds is 11. The lowest BCUT2D eigenvalue weighted by molar-refractivity contribution is 0.163. The molecular formula is C35H38FN7O2. The molecule has 232 valence electrons. The lowest BCUT2D eigenvalue weighted by Crippen LogP contribution is -2.45. The number of nitroso groups, excluding NO2 is 1. The largest absolute Gasteiger partial charge is 0.489 e. The maximum absolute atomic E-state index is 13.6. The molecule has 0 unspecified atom stereocenters. The Morgan fingerprint density at radius 1 is 0.978 bits per heavy atom. The molecule has 1 N–H and O–H groups in total. The minimum atomic E-state index is -0.276.